The van der Waals surface area contributed by atoms with E-state index in [9.17, 15) is 0 Å². The molecule has 13 heavy (non-hydrogen) atoms. The molecule has 0 saturated carbocycles. The number of hydrogen-bond acceptors (Lipinski definition) is 2. The minimum atomic E-state index is 0.659. The third kappa shape index (κ3) is 7.03. The molecule has 0 aliphatic carbocycles. The van der Waals surface area contributed by atoms with Crippen LogP contribution in [0.2, 0.25) is 0 Å². The topological polar surface area (TPSA) is 15.3 Å². The van der Waals surface area contributed by atoms with Gasteiger partial charge in [-0.2, -0.15) is 0 Å². The molecule has 1 unspecified atom stereocenters. The van der Waals surface area contributed by atoms with Gasteiger partial charge in [0.1, 0.15) is 0 Å². The number of rotatable bonds is 8. The Labute approximate surface area is 83.7 Å². The lowest BCUT2D eigenvalue weighted by molar-refractivity contribution is 0.263. The fourth-order valence-electron chi connectivity index (χ4n) is 1.28. The minimum Gasteiger partial charge on any atom is -0.315 e. The summed E-state index contributed by atoms with van der Waals surface area (Å²) in [5, 5.41) is 3.49. The van der Waals surface area contributed by atoms with Gasteiger partial charge < -0.3 is 10.2 Å². The van der Waals surface area contributed by atoms with Crippen molar-refractivity contribution in [3.05, 3.63) is 0 Å². The van der Waals surface area contributed by atoms with E-state index in [1.54, 1.807) is 0 Å². The van der Waals surface area contributed by atoms with E-state index in [0.717, 1.165) is 13.1 Å². The van der Waals surface area contributed by atoms with E-state index >= 15 is 0 Å². The Morgan fingerprint density at radius 2 is 1.92 bits per heavy atom. The van der Waals surface area contributed by atoms with Crippen LogP contribution in [-0.4, -0.2) is 37.6 Å². The van der Waals surface area contributed by atoms with Crippen molar-refractivity contribution in [1.29, 1.82) is 0 Å². The zero-order chi connectivity index (χ0) is 10.1. The SMILES string of the molecule is CCCCCNCC(C)N(C)CC. The maximum Gasteiger partial charge on any atom is 0.0189 e. The molecule has 0 aromatic carbocycles. The van der Waals surface area contributed by atoms with Crippen LogP contribution < -0.4 is 5.32 Å². The third-order valence-electron chi connectivity index (χ3n) is 2.65. The van der Waals surface area contributed by atoms with Gasteiger partial charge in [0.25, 0.3) is 0 Å². The fraction of sp³-hybridized carbons (Fsp3) is 1.00. The van der Waals surface area contributed by atoms with Crippen molar-refractivity contribution < 1.29 is 0 Å². The quantitative estimate of drug-likeness (QED) is 0.584. The maximum atomic E-state index is 3.49. The number of hydrogen-bond donors (Lipinski definition) is 1. The van der Waals surface area contributed by atoms with Gasteiger partial charge in [-0.25, -0.2) is 0 Å². The van der Waals surface area contributed by atoms with Gasteiger partial charge in [0, 0.05) is 12.6 Å². The zero-order valence-electron chi connectivity index (χ0n) is 9.77. The lowest BCUT2D eigenvalue weighted by Gasteiger charge is -2.23. The van der Waals surface area contributed by atoms with E-state index in [0.29, 0.717) is 6.04 Å². The van der Waals surface area contributed by atoms with Crippen molar-refractivity contribution in [3.8, 4) is 0 Å². The van der Waals surface area contributed by atoms with E-state index in [4.69, 9.17) is 0 Å². The Morgan fingerprint density at radius 3 is 2.46 bits per heavy atom. The molecule has 2 nitrogen and oxygen atoms in total. The summed E-state index contributed by atoms with van der Waals surface area (Å²) in [5.74, 6) is 0. The Morgan fingerprint density at radius 1 is 1.23 bits per heavy atom. The first kappa shape index (κ1) is 12.9. The van der Waals surface area contributed by atoms with Crippen LogP contribution in [0.15, 0.2) is 0 Å². The summed E-state index contributed by atoms with van der Waals surface area (Å²) >= 11 is 0. The van der Waals surface area contributed by atoms with Crippen LogP contribution in [0.1, 0.15) is 40.0 Å². The predicted octanol–water partition coefficient (Wildman–Crippen LogP) is 2.11. The van der Waals surface area contributed by atoms with Crippen LogP contribution in [0.4, 0.5) is 0 Å². The first-order valence-electron chi connectivity index (χ1n) is 5.63. The van der Waals surface area contributed by atoms with E-state index in [1.807, 2.05) is 0 Å². The Balaban J connectivity index is 3.21. The maximum absolute atomic E-state index is 3.49. The van der Waals surface area contributed by atoms with Crippen molar-refractivity contribution >= 4 is 0 Å². The lowest BCUT2D eigenvalue weighted by atomic mass is 10.2. The first-order valence-corrected chi connectivity index (χ1v) is 5.63. The molecule has 0 bridgehead atoms. The van der Waals surface area contributed by atoms with E-state index < -0.39 is 0 Å². The largest absolute Gasteiger partial charge is 0.315 e. The van der Waals surface area contributed by atoms with Crippen molar-refractivity contribution in [3.63, 3.8) is 0 Å². The molecule has 0 spiro atoms. The molecule has 0 aliphatic heterocycles. The highest BCUT2D eigenvalue weighted by Gasteiger charge is 2.04. The Kier molecular flexibility index (Phi) is 8.46. The highest BCUT2D eigenvalue weighted by atomic mass is 15.1. The average molecular weight is 186 g/mol. The van der Waals surface area contributed by atoms with Crippen LogP contribution in [0, 0.1) is 0 Å². The summed E-state index contributed by atoms with van der Waals surface area (Å²) in [6, 6.07) is 0.659. The summed E-state index contributed by atoms with van der Waals surface area (Å²) in [7, 11) is 2.18. The van der Waals surface area contributed by atoms with Gasteiger partial charge >= 0.3 is 0 Å². The van der Waals surface area contributed by atoms with Crippen LogP contribution in [-0.2, 0) is 0 Å². The molecule has 0 rings (SSSR count). The summed E-state index contributed by atoms with van der Waals surface area (Å²) in [4.78, 5) is 2.37. The second kappa shape index (κ2) is 8.52. The van der Waals surface area contributed by atoms with Gasteiger partial charge in [0.05, 0.1) is 0 Å². The molecule has 1 atom stereocenters. The molecule has 0 aromatic rings. The molecule has 0 fully saturated rings. The summed E-state index contributed by atoms with van der Waals surface area (Å²) in [6.45, 7) is 10.2. The van der Waals surface area contributed by atoms with Gasteiger partial charge in [0.15, 0.2) is 0 Å². The molecule has 0 aliphatic rings. The molecule has 0 saturated heterocycles. The van der Waals surface area contributed by atoms with Crippen LogP contribution in [0.3, 0.4) is 0 Å². The summed E-state index contributed by atoms with van der Waals surface area (Å²) < 4.78 is 0. The third-order valence-corrected chi connectivity index (χ3v) is 2.65. The van der Waals surface area contributed by atoms with Gasteiger partial charge in [-0.05, 0) is 33.5 Å². The second-order valence-electron chi connectivity index (χ2n) is 3.83. The molecule has 0 aromatic heterocycles. The average Bonchev–Trinajstić information content (AvgIpc) is 2.16. The van der Waals surface area contributed by atoms with Crippen LogP contribution >= 0.6 is 0 Å². The van der Waals surface area contributed by atoms with Gasteiger partial charge in [-0.3, -0.25) is 0 Å². The predicted molar refractivity (Wildman–Crippen MR) is 60.2 cm³/mol. The molecule has 1 N–H and O–H groups in total. The molecule has 0 radical (unpaired) electrons. The van der Waals surface area contributed by atoms with Crippen LogP contribution in [0.25, 0.3) is 0 Å². The van der Waals surface area contributed by atoms with Gasteiger partial charge in [-0.15, -0.1) is 0 Å². The number of nitrogens with one attached hydrogen (secondary N) is 1. The normalized spacial score (nSPS) is 13.6. The molecule has 0 heterocycles. The standard InChI is InChI=1S/C11H26N2/c1-5-7-8-9-12-10-11(3)13(4)6-2/h11-12H,5-10H2,1-4H3. The van der Waals surface area contributed by atoms with Gasteiger partial charge in [0.2, 0.25) is 0 Å². The molecular formula is C11H26N2. The summed E-state index contributed by atoms with van der Waals surface area (Å²) in [5.41, 5.74) is 0. The van der Waals surface area contributed by atoms with Gasteiger partial charge in [-0.1, -0.05) is 26.7 Å². The Hall–Kier alpha value is -0.0800. The molecular weight excluding hydrogens is 160 g/mol. The van der Waals surface area contributed by atoms with E-state index in [2.05, 4.69) is 38.0 Å². The van der Waals surface area contributed by atoms with Crippen molar-refractivity contribution in [2.45, 2.75) is 46.1 Å². The lowest BCUT2D eigenvalue weighted by Crippen LogP contribution is -2.37. The first-order chi connectivity index (χ1) is 6.22. The highest BCUT2D eigenvalue weighted by Crippen LogP contribution is 1.94. The van der Waals surface area contributed by atoms with Crippen molar-refractivity contribution in [2.24, 2.45) is 0 Å². The number of likely N-dealkylation sites (N-methyl/N-ethyl adjacent to an activating group) is 1. The summed E-state index contributed by atoms with van der Waals surface area (Å²) in [6.07, 6.45) is 3.98. The second-order valence-corrected chi connectivity index (χ2v) is 3.83. The molecule has 2 heteroatoms. The number of nitrogens with zero attached hydrogens (tertiary/aromatic N) is 1. The highest BCUT2D eigenvalue weighted by molar-refractivity contribution is 4.64. The minimum absolute atomic E-state index is 0.659. The van der Waals surface area contributed by atoms with E-state index in [-0.39, 0.29) is 0 Å². The Bertz CT molecular complexity index is 104. The van der Waals surface area contributed by atoms with Crippen molar-refractivity contribution in [2.75, 3.05) is 26.7 Å². The van der Waals surface area contributed by atoms with Crippen LogP contribution in [0.5, 0.6) is 0 Å². The molecule has 0 amide bonds. The van der Waals surface area contributed by atoms with Crippen molar-refractivity contribution in [1.82, 2.24) is 10.2 Å². The smallest absolute Gasteiger partial charge is 0.0189 e. The monoisotopic (exact) mass is 186 g/mol. The van der Waals surface area contributed by atoms with E-state index in [1.165, 1.54) is 25.8 Å². The molecule has 80 valence electrons. The number of unbranched alkanes of at least 4 members (excludes halogenated alkanes) is 2. The fourth-order valence-corrected chi connectivity index (χ4v) is 1.28. The zero-order valence-corrected chi connectivity index (χ0v) is 9.77.